The molecular weight excluding hydrogens is 365 g/mol. The second-order valence-corrected chi connectivity index (χ2v) is 6.85. The molecule has 1 saturated heterocycles. The van der Waals surface area contributed by atoms with Gasteiger partial charge in [-0.05, 0) is 24.5 Å². The first-order valence-electron chi connectivity index (χ1n) is 8.34. The fraction of sp³-hybridized carbons (Fsp3) is 0.647. The van der Waals surface area contributed by atoms with Crippen LogP contribution in [0, 0.1) is 11.7 Å². The largest absolute Gasteiger partial charge is 0.416 e. The number of hydrogen-bond donors (Lipinski definition) is 1. The topological polar surface area (TPSA) is 15.3 Å². The summed E-state index contributed by atoms with van der Waals surface area (Å²) in [6.45, 7) is 5.41. The van der Waals surface area contributed by atoms with Crippen molar-refractivity contribution in [2.45, 2.75) is 38.7 Å². The number of nitrogens with zero attached hydrogens (tertiary/aromatic N) is 1. The maximum absolute atomic E-state index is 14.6. The molecule has 0 aromatic heterocycles. The lowest BCUT2D eigenvalue weighted by Gasteiger charge is -2.37. The highest BCUT2D eigenvalue weighted by Crippen LogP contribution is 2.43. The first-order valence-corrected chi connectivity index (χ1v) is 8.34. The number of rotatable bonds is 4. The van der Waals surface area contributed by atoms with Gasteiger partial charge in [-0.2, -0.15) is 26.3 Å². The molecule has 0 unspecified atom stereocenters. The Balaban J connectivity index is 2.62. The van der Waals surface area contributed by atoms with Crippen molar-refractivity contribution in [2.24, 2.45) is 5.92 Å². The second-order valence-electron chi connectivity index (χ2n) is 6.85. The van der Waals surface area contributed by atoms with Crippen LogP contribution in [0.15, 0.2) is 12.1 Å². The summed E-state index contributed by atoms with van der Waals surface area (Å²) >= 11 is 0. The second kappa shape index (κ2) is 7.72. The van der Waals surface area contributed by atoms with Crippen molar-refractivity contribution in [1.29, 1.82) is 0 Å². The third kappa shape index (κ3) is 4.88. The lowest BCUT2D eigenvalue weighted by atomic mass is 9.89. The van der Waals surface area contributed by atoms with Crippen molar-refractivity contribution >= 4 is 0 Å². The molecule has 0 saturated carbocycles. The van der Waals surface area contributed by atoms with Gasteiger partial charge in [-0.15, -0.1) is 0 Å². The van der Waals surface area contributed by atoms with E-state index in [0.717, 1.165) is 0 Å². The Labute approximate surface area is 147 Å². The number of benzene rings is 1. The van der Waals surface area contributed by atoms with Crippen LogP contribution in [0.25, 0.3) is 0 Å². The molecule has 0 spiro atoms. The fourth-order valence-corrected chi connectivity index (χ4v) is 3.24. The minimum atomic E-state index is -5.08. The van der Waals surface area contributed by atoms with E-state index in [2.05, 4.69) is 5.32 Å². The Morgan fingerprint density at radius 3 is 2.04 bits per heavy atom. The highest BCUT2D eigenvalue weighted by atomic mass is 19.4. The van der Waals surface area contributed by atoms with Crippen LogP contribution in [0.2, 0.25) is 0 Å². The van der Waals surface area contributed by atoms with Gasteiger partial charge in [-0.3, -0.25) is 4.90 Å². The molecule has 9 heteroatoms. The molecule has 1 aliphatic heterocycles. The van der Waals surface area contributed by atoms with Crippen molar-refractivity contribution in [1.82, 2.24) is 10.2 Å². The molecule has 0 aliphatic carbocycles. The molecule has 1 aromatic carbocycles. The molecule has 2 nitrogen and oxygen atoms in total. The van der Waals surface area contributed by atoms with Gasteiger partial charge in [0.2, 0.25) is 0 Å². The molecule has 1 atom stereocenters. The van der Waals surface area contributed by atoms with Crippen LogP contribution in [-0.2, 0) is 12.4 Å². The van der Waals surface area contributed by atoms with Crippen LogP contribution in [0.1, 0.15) is 43.0 Å². The molecule has 1 aromatic rings. The van der Waals surface area contributed by atoms with Crippen molar-refractivity contribution in [3.8, 4) is 0 Å². The Bertz CT molecular complexity index is 617. The number of hydrogen-bond acceptors (Lipinski definition) is 2. The highest BCUT2D eigenvalue weighted by Gasteiger charge is 2.42. The van der Waals surface area contributed by atoms with E-state index in [4.69, 9.17) is 0 Å². The SMILES string of the molecule is CC(C)C[C@@H](c1c(F)cc(C(F)(F)F)cc1C(F)(F)F)N1CCNCC1. The predicted octanol–water partition coefficient (Wildman–Crippen LogP) is 4.86. The summed E-state index contributed by atoms with van der Waals surface area (Å²) in [5.74, 6) is -1.52. The van der Waals surface area contributed by atoms with Gasteiger partial charge in [0.1, 0.15) is 5.82 Å². The zero-order valence-electron chi connectivity index (χ0n) is 14.4. The van der Waals surface area contributed by atoms with Gasteiger partial charge < -0.3 is 5.32 Å². The average molecular weight is 386 g/mol. The first-order chi connectivity index (χ1) is 11.9. The van der Waals surface area contributed by atoms with E-state index in [1.165, 1.54) is 0 Å². The molecule has 0 bridgehead atoms. The maximum atomic E-state index is 14.6. The Hall–Kier alpha value is -1.35. The summed E-state index contributed by atoms with van der Waals surface area (Å²) in [7, 11) is 0. The van der Waals surface area contributed by atoms with E-state index in [1.807, 2.05) is 0 Å². The van der Waals surface area contributed by atoms with Gasteiger partial charge in [-0.25, -0.2) is 4.39 Å². The van der Waals surface area contributed by atoms with Crippen LogP contribution in [0.4, 0.5) is 30.7 Å². The molecule has 26 heavy (non-hydrogen) atoms. The first kappa shape index (κ1) is 21.0. The Morgan fingerprint density at radius 2 is 1.58 bits per heavy atom. The summed E-state index contributed by atoms with van der Waals surface area (Å²) in [5, 5.41) is 3.06. The molecule has 1 aliphatic rings. The smallest absolute Gasteiger partial charge is 0.314 e. The van der Waals surface area contributed by atoms with Crippen LogP contribution in [0.5, 0.6) is 0 Å². The summed E-state index contributed by atoms with van der Waals surface area (Å²) in [5.41, 5.74) is -3.87. The lowest BCUT2D eigenvalue weighted by Crippen LogP contribution is -2.46. The monoisotopic (exact) mass is 386 g/mol. The van der Waals surface area contributed by atoms with Crippen LogP contribution < -0.4 is 5.32 Å². The van der Waals surface area contributed by atoms with Gasteiger partial charge >= 0.3 is 12.4 Å². The summed E-state index contributed by atoms with van der Waals surface area (Å²) < 4.78 is 93.7. The van der Waals surface area contributed by atoms with Gasteiger partial charge in [0.15, 0.2) is 0 Å². The summed E-state index contributed by atoms with van der Waals surface area (Å²) in [4.78, 5) is 1.71. The highest BCUT2D eigenvalue weighted by molar-refractivity contribution is 5.39. The van der Waals surface area contributed by atoms with E-state index in [-0.39, 0.29) is 24.5 Å². The van der Waals surface area contributed by atoms with Gasteiger partial charge in [0.05, 0.1) is 11.1 Å². The van der Waals surface area contributed by atoms with E-state index < -0.39 is 40.9 Å². The van der Waals surface area contributed by atoms with Crippen molar-refractivity contribution < 1.29 is 30.7 Å². The number of piperazine rings is 1. The fourth-order valence-electron chi connectivity index (χ4n) is 3.24. The molecule has 1 N–H and O–H groups in total. The minimum absolute atomic E-state index is 0.0218. The van der Waals surface area contributed by atoms with E-state index in [0.29, 0.717) is 26.2 Å². The molecule has 1 heterocycles. The average Bonchev–Trinajstić information content (AvgIpc) is 2.51. The Morgan fingerprint density at radius 1 is 1.00 bits per heavy atom. The molecule has 148 valence electrons. The standard InChI is InChI=1S/C17H21F7N2/c1-10(2)7-14(26-5-3-25-4-6-26)15-12(17(22,23)24)8-11(9-13(15)18)16(19,20)21/h8-10,14,25H,3-7H2,1-2H3/t14-/m0/s1. The normalized spacial score (nSPS) is 18.4. The van der Waals surface area contributed by atoms with Crippen LogP contribution >= 0.6 is 0 Å². The van der Waals surface area contributed by atoms with Crippen LogP contribution in [-0.4, -0.2) is 31.1 Å². The van der Waals surface area contributed by atoms with E-state index in [1.54, 1.807) is 18.7 Å². The van der Waals surface area contributed by atoms with Gasteiger partial charge in [-0.1, -0.05) is 13.8 Å². The third-order valence-electron chi connectivity index (χ3n) is 4.38. The summed E-state index contributed by atoms with van der Waals surface area (Å²) in [6, 6.07) is -0.746. The number of nitrogens with one attached hydrogen (secondary N) is 1. The van der Waals surface area contributed by atoms with E-state index in [9.17, 15) is 30.7 Å². The molecular formula is C17H21F7N2. The van der Waals surface area contributed by atoms with Crippen molar-refractivity contribution in [2.75, 3.05) is 26.2 Å². The quantitative estimate of drug-likeness (QED) is 0.744. The number of halogens is 7. The van der Waals surface area contributed by atoms with Crippen molar-refractivity contribution in [3.63, 3.8) is 0 Å². The zero-order chi connectivity index (χ0) is 19.7. The molecule has 1 fully saturated rings. The van der Waals surface area contributed by atoms with E-state index >= 15 is 0 Å². The predicted molar refractivity (Wildman–Crippen MR) is 83.0 cm³/mol. The van der Waals surface area contributed by atoms with Crippen LogP contribution in [0.3, 0.4) is 0 Å². The van der Waals surface area contributed by atoms with Gasteiger partial charge in [0.25, 0.3) is 0 Å². The maximum Gasteiger partial charge on any atom is 0.416 e. The molecule has 2 rings (SSSR count). The number of alkyl halides is 6. The third-order valence-corrected chi connectivity index (χ3v) is 4.38. The summed E-state index contributed by atoms with van der Waals surface area (Å²) in [6.07, 6.45) is -9.92. The molecule has 0 amide bonds. The lowest BCUT2D eigenvalue weighted by molar-refractivity contribution is -0.144. The zero-order valence-corrected chi connectivity index (χ0v) is 14.4. The minimum Gasteiger partial charge on any atom is -0.314 e. The van der Waals surface area contributed by atoms with Gasteiger partial charge in [0, 0.05) is 37.8 Å². The molecule has 0 radical (unpaired) electrons. The van der Waals surface area contributed by atoms with Crippen molar-refractivity contribution in [3.05, 3.63) is 34.6 Å². The Kier molecular flexibility index (Phi) is 6.22.